The molecule has 27 heavy (non-hydrogen) atoms. The first-order valence-corrected chi connectivity index (χ1v) is 12.5. The molecule has 0 fully saturated rings. The Labute approximate surface area is 170 Å². The molecule has 0 unspecified atom stereocenters. The number of hydrogen-bond donors (Lipinski definition) is 0. The first kappa shape index (κ1) is 29.0. The molecule has 0 rings (SSSR count). The fourth-order valence-electron chi connectivity index (χ4n) is 3.12. The summed E-state index contributed by atoms with van der Waals surface area (Å²) in [6.45, 7) is 12.4. The van der Waals surface area contributed by atoms with Crippen molar-refractivity contribution in [3.63, 3.8) is 0 Å². The molecule has 0 aromatic carbocycles. The highest BCUT2D eigenvalue weighted by molar-refractivity contribution is 7.80. The van der Waals surface area contributed by atoms with Gasteiger partial charge in [0.1, 0.15) is 0 Å². The fraction of sp³-hybridized carbons (Fsp3) is 1.00. The van der Waals surface area contributed by atoms with E-state index in [9.17, 15) is 13.0 Å². The minimum Gasteiger partial charge on any atom is -0.726 e. The Balaban J connectivity index is 0. The van der Waals surface area contributed by atoms with Crippen LogP contribution in [0.25, 0.3) is 0 Å². The van der Waals surface area contributed by atoms with Crippen LogP contribution in [-0.4, -0.2) is 50.7 Å². The molecule has 6 heteroatoms. The van der Waals surface area contributed by atoms with E-state index in [1.54, 1.807) is 0 Å². The maximum Gasteiger partial charge on any atom is 0.217 e. The second-order valence-corrected chi connectivity index (χ2v) is 8.79. The van der Waals surface area contributed by atoms with Crippen LogP contribution in [0.15, 0.2) is 0 Å². The maximum atomic E-state index is 9.45. The molecule has 0 saturated carbocycles. The number of rotatable bonds is 17. The third-order valence-electron chi connectivity index (χ3n) is 5.13. The Bertz CT molecular complexity index is 383. The van der Waals surface area contributed by atoms with Gasteiger partial charge in [-0.3, -0.25) is 4.18 Å². The average molecular weight is 410 g/mol. The number of hydrogen-bond acceptors (Lipinski definition) is 4. The van der Waals surface area contributed by atoms with Crippen LogP contribution < -0.4 is 0 Å². The van der Waals surface area contributed by atoms with Gasteiger partial charge in [0.15, 0.2) is 0 Å². The van der Waals surface area contributed by atoms with Gasteiger partial charge in [0.2, 0.25) is 10.4 Å². The predicted octanol–water partition coefficient (Wildman–Crippen LogP) is 5.66. The molecule has 0 heterocycles. The average Bonchev–Trinajstić information content (AvgIpc) is 2.60. The molecule has 5 nitrogen and oxygen atoms in total. The molecule has 0 atom stereocenters. The second kappa shape index (κ2) is 19.2. The molecule has 166 valence electrons. The Morgan fingerprint density at radius 2 is 1.07 bits per heavy atom. The zero-order chi connectivity index (χ0) is 21.0. The normalized spacial score (nSPS) is 11.9. The van der Waals surface area contributed by atoms with Crippen molar-refractivity contribution in [1.82, 2.24) is 0 Å². The van der Waals surface area contributed by atoms with Gasteiger partial charge in [-0.15, -0.1) is 0 Å². The molecule has 0 aromatic heterocycles. The van der Waals surface area contributed by atoms with Gasteiger partial charge in [0, 0.05) is 0 Å². The second-order valence-electron chi connectivity index (χ2n) is 7.73. The summed E-state index contributed by atoms with van der Waals surface area (Å²) < 4.78 is 33.3. The van der Waals surface area contributed by atoms with Crippen molar-refractivity contribution in [2.24, 2.45) is 0 Å². The van der Waals surface area contributed by atoms with Crippen molar-refractivity contribution in [3.05, 3.63) is 0 Å². The van der Waals surface area contributed by atoms with E-state index in [4.69, 9.17) is 0 Å². The lowest BCUT2D eigenvalue weighted by molar-refractivity contribution is -0.908. The van der Waals surface area contributed by atoms with Gasteiger partial charge < -0.3 is 9.04 Å². The predicted molar refractivity (Wildman–Crippen MR) is 115 cm³/mol. The zero-order valence-corrected chi connectivity index (χ0v) is 19.6. The van der Waals surface area contributed by atoms with E-state index in [0.29, 0.717) is 0 Å². The molecule has 0 saturated heterocycles. The molecular formula is C21H47NO4S. The van der Waals surface area contributed by atoms with Crippen LogP contribution in [0.1, 0.15) is 105 Å². The van der Waals surface area contributed by atoms with E-state index in [1.807, 2.05) is 0 Å². The highest BCUT2D eigenvalue weighted by atomic mass is 32.3. The van der Waals surface area contributed by atoms with Crippen LogP contribution in [0, 0.1) is 0 Å². The summed E-state index contributed by atoms with van der Waals surface area (Å²) in [7, 11) is -1.95. The van der Waals surface area contributed by atoms with Gasteiger partial charge in [-0.05, 0) is 39.5 Å². The standard InChI is InChI=1S/C19H42N.C2H6O4S/c1-5-8-10-12-14-16-18-20(4,7-3)19-17-15-13-11-9-6-2;1-2-6-7(3,4)5/h5-19H2,1-4H3;2H2,1H3,(H,3,4,5)/q+1;/p-1. The largest absolute Gasteiger partial charge is 0.726 e. The third kappa shape index (κ3) is 23.8. The van der Waals surface area contributed by atoms with Crippen LogP contribution in [0.3, 0.4) is 0 Å². The molecule has 0 amide bonds. The lowest BCUT2D eigenvalue weighted by atomic mass is 10.1. The number of nitrogens with zero attached hydrogens (tertiary/aromatic N) is 1. The summed E-state index contributed by atoms with van der Waals surface area (Å²) in [5.74, 6) is 0. The van der Waals surface area contributed by atoms with Crippen molar-refractivity contribution in [1.29, 1.82) is 0 Å². The molecule has 0 aliphatic heterocycles. The lowest BCUT2D eigenvalue weighted by Crippen LogP contribution is -2.45. The Morgan fingerprint density at radius 1 is 0.704 bits per heavy atom. The van der Waals surface area contributed by atoms with Crippen LogP contribution in [-0.2, 0) is 14.6 Å². The maximum absolute atomic E-state index is 9.45. The van der Waals surface area contributed by atoms with Crippen molar-refractivity contribution in [3.8, 4) is 0 Å². The lowest BCUT2D eigenvalue weighted by Gasteiger charge is -2.33. The van der Waals surface area contributed by atoms with Crippen LogP contribution >= 0.6 is 0 Å². The number of unbranched alkanes of at least 4 members (excludes halogenated alkanes) is 10. The number of quaternary nitrogens is 1. The van der Waals surface area contributed by atoms with Gasteiger partial charge in [-0.1, -0.05) is 65.2 Å². The summed E-state index contributed by atoms with van der Waals surface area (Å²) in [5, 5.41) is 0. The molecule has 0 N–H and O–H groups in total. The molecule has 0 bridgehead atoms. The van der Waals surface area contributed by atoms with Crippen molar-refractivity contribution >= 4 is 10.4 Å². The molecule has 0 radical (unpaired) electrons. The van der Waals surface area contributed by atoms with Gasteiger partial charge in [-0.25, -0.2) is 8.42 Å². The molecular weight excluding hydrogens is 362 g/mol. The summed E-state index contributed by atoms with van der Waals surface area (Å²) in [6, 6.07) is 0. The van der Waals surface area contributed by atoms with Gasteiger partial charge >= 0.3 is 0 Å². The Morgan fingerprint density at radius 3 is 1.33 bits per heavy atom. The minimum absolute atomic E-state index is 0.0914. The van der Waals surface area contributed by atoms with E-state index in [0.717, 1.165) is 0 Å². The fourth-order valence-corrected chi connectivity index (χ4v) is 3.41. The Hall–Kier alpha value is -0.170. The van der Waals surface area contributed by atoms with Crippen molar-refractivity contribution < 1.29 is 21.6 Å². The van der Waals surface area contributed by atoms with Crippen molar-refractivity contribution in [2.45, 2.75) is 105 Å². The van der Waals surface area contributed by atoms with E-state index in [2.05, 4.69) is 32.0 Å². The van der Waals surface area contributed by atoms with E-state index < -0.39 is 10.4 Å². The van der Waals surface area contributed by atoms with Gasteiger partial charge in [-0.2, -0.15) is 0 Å². The van der Waals surface area contributed by atoms with Gasteiger partial charge in [0.25, 0.3) is 0 Å². The third-order valence-corrected chi connectivity index (χ3v) is 5.65. The topological polar surface area (TPSA) is 66.4 Å². The van der Waals surface area contributed by atoms with Crippen LogP contribution in [0.2, 0.25) is 0 Å². The monoisotopic (exact) mass is 409 g/mol. The molecule has 0 spiro atoms. The van der Waals surface area contributed by atoms with Gasteiger partial charge in [0.05, 0.1) is 33.3 Å². The summed E-state index contributed by atoms with van der Waals surface area (Å²) in [5.41, 5.74) is 0. The van der Waals surface area contributed by atoms with E-state index in [-0.39, 0.29) is 6.61 Å². The Kier molecular flexibility index (Phi) is 20.6. The first-order valence-electron chi connectivity index (χ1n) is 11.2. The minimum atomic E-state index is -4.42. The van der Waals surface area contributed by atoms with Crippen molar-refractivity contribution in [2.75, 3.05) is 33.3 Å². The molecule has 0 aliphatic carbocycles. The van der Waals surface area contributed by atoms with Crippen LogP contribution in [0.5, 0.6) is 0 Å². The van der Waals surface area contributed by atoms with E-state index >= 15 is 0 Å². The highest BCUT2D eigenvalue weighted by Crippen LogP contribution is 2.13. The molecule has 0 aromatic rings. The smallest absolute Gasteiger partial charge is 0.217 e. The zero-order valence-electron chi connectivity index (χ0n) is 18.8. The summed E-state index contributed by atoms with van der Waals surface area (Å²) in [4.78, 5) is 0. The quantitative estimate of drug-likeness (QED) is 0.135. The molecule has 0 aliphatic rings. The summed E-state index contributed by atoms with van der Waals surface area (Å²) >= 11 is 0. The van der Waals surface area contributed by atoms with Crippen LogP contribution in [0.4, 0.5) is 0 Å². The van der Waals surface area contributed by atoms with E-state index in [1.165, 1.54) is 108 Å². The highest BCUT2D eigenvalue weighted by Gasteiger charge is 2.17. The first-order chi connectivity index (χ1) is 12.7. The SMILES string of the molecule is CCCCCCCC[N+](C)(CC)CCCCCCCC.CCOS(=O)(=O)[O-]. The summed E-state index contributed by atoms with van der Waals surface area (Å²) in [6.07, 6.45) is 17.1.